The van der Waals surface area contributed by atoms with Gasteiger partial charge in [-0.25, -0.2) is 0 Å². The van der Waals surface area contributed by atoms with Crippen LogP contribution in [-0.2, 0) is 22.6 Å². The van der Waals surface area contributed by atoms with Gasteiger partial charge >= 0.3 is 5.97 Å². The molecule has 1 N–H and O–H groups in total. The lowest BCUT2D eigenvalue weighted by Gasteiger charge is -2.38. The summed E-state index contributed by atoms with van der Waals surface area (Å²) in [4.78, 5) is 25.4. The SMILES string of the molecule is COc1ccc2c(c1)CN(C(=O)C1CCC1C(=O)O)CC2. The van der Waals surface area contributed by atoms with Crippen molar-refractivity contribution in [1.82, 2.24) is 4.90 Å². The Labute approximate surface area is 123 Å². The molecule has 1 fully saturated rings. The number of ether oxygens (including phenoxy) is 1. The van der Waals surface area contributed by atoms with Crippen LogP contribution in [0.1, 0.15) is 24.0 Å². The molecule has 1 heterocycles. The fraction of sp³-hybridized carbons (Fsp3) is 0.500. The minimum absolute atomic E-state index is 0.0119. The summed E-state index contributed by atoms with van der Waals surface area (Å²) in [5.74, 6) is -0.908. The van der Waals surface area contributed by atoms with Gasteiger partial charge in [-0.1, -0.05) is 6.07 Å². The van der Waals surface area contributed by atoms with Gasteiger partial charge in [0.15, 0.2) is 0 Å². The molecule has 1 aliphatic heterocycles. The summed E-state index contributed by atoms with van der Waals surface area (Å²) in [6.07, 6.45) is 2.12. The lowest BCUT2D eigenvalue weighted by Crippen LogP contribution is -2.47. The summed E-state index contributed by atoms with van der Waals surface area (Å²) < 4.78 is 5.22. The van der Waals surface area contributed by atoms with Crippen LogP contribution in [0.15, 0.2) is 18.2 Å². The van der Waals surface area contributed by atoms with Crippen molar-refractivity contribution in [2.75, 3.05) is 13.7 Å². The van der Waals surface area contributed by atoms with E-state index in [4.69, 9.17) is 9.84 Å². The molecule has 0 saturated heterocycles. The van der Waals surface area contributed by atoms with E-state index in [1.807, 2.05) is 18.2 Å². The molecule has 112 valence electrons. The quantitative estimate of drug-likeness (QED) is 0.919. The van der Waals surface area contributed by atoms with Crippen LogP contribution in [0.3, 0.4) is 0 Å². The third-order valence-electron chi connectivity index (χ3n) is 4.65. The van der Waals surface area contributed by atoms with Gasteiger partial charge in [0, 0.05) is 13.1 Å². The molecule has 1 aromatic rings. The van der Waals surface area contributed by atoms with E-state index in [9.17, 15) is 9.59 Å². The number of carboxylic acids is 1. The van der Waals surface area contributed by atoms with Crippen molar-refractivity contribution < 1.29 is 19.4 Å². The molecule has 5 nitrogen and oxygen atoms in total. The monoisotopic (exact) mass is 289 g/mol. The smallest absolute Gasteiger partial charge is 0.307 e. The third kappa shape index (κ3) is 2.48. The predicted molar refractivity (Wildman–Crippen MR) is 76.0 cm³/mol. The number of hydrogen-bond acceptors (Lipinski definition) is 3. The number of hydrogen-bond donors (Lipinski definition) is 1. The molecule has 1 saturated carbocycles. The molecule has 2 unspecified atom stereocenters. The van der Waals surface area contributed by atoms with Crippen LogP contribution >= 0.6 is 0 Å². The number of carbonyl (C=O) groups is 2. The molecule has 0 spiro atoms. The standard InChI is InChI=1S/C16H19NO4/c1-21-12-3-2-10-6-7-17(9-11(10)8-12)15(18)13-4-5-14(13)16(19)20/h2-3,8,13-14H,4-7,9H2,1H3,(H,19,20). The fourth-order valence-corrected chi connectivity index (χ4v) is 3.17. The van der Waals surface area contributed by atoms with Crippen molar-refractivity contribution in [1.29, 1.82) is 0 Å². The van der Waals surface area contributed by atoms with Gasteiger partial charge in [0.05, 0.1) is 18.9 Å². The summed E-state index contributed by atoms with van der Waals surface area (Å²) >= 11 is 0. The average molecular weight is 289 g/mol. The number of methoxy groups -OCH3 is 1. The molecule has 1 aromatic carbocycles. The van der Waals surface area contributed by atoms with Crippen molar-refractivity contribution in [3.63, 3.8) is 0 Å². The Morgan fingerprint density at radius 1 is 1.24 bits per heavy atom. The third-order valence-corrected chi connectivity index (χ3v) is 4.65. The molecule has 1 amide bonds. The second-order valence-electron chi connectivity index (χ2n) is 5.77. The Balaban J connectivity index is 1.73. The summed E-state index contributed by atoms with van der Waals surface area (Å²) in [6.45, 7) is 1.22. The minimum Gasteiger partial charge on any atom is -0.497 e. The second kappa shape index (κ2) is 5.39. The second-order valence-corrected chi connectivity index (χ2v) is 5.77. The van der Waals surface area contributed by atoms with E-state index in [2.05, 4.69) is 0 Å². The van der Waals surface area contributed by atoms with Crippen molar-refractivity contribution in [3.8, 4) is 5.75 Å². The zero-order valence-electron chi connectivity index (χ0n) is 12.0. The van der Waals surface area contributed by atoms with Gasteiger partial charge in [0.1, 0.15) is 5.75 Å². The number of fused-ring (bicyclic) bond motifs is 1. The van der Waals surface area contributed by atoms with Crippen LogP contribution < -0.4 is 4.74 Å². The van der Waals surface area contributed by atoms with Crippen LogP contribution in [-0.4, -0.2) is 35.5 Å². The van der Waals surface area contributed by atoms with E-state index in [1.165, 1.54) is 5.56 Å². The van der Waals surface area contributed by atoms with Crippen molar-refractivity contribution >= 4 is 11.9 Å². The summed E-state index contributed by atoms with van der Waals surface area (Å²) in [5.41, 5.74) is 2.34. The van der Waals surface area contributed by atoms with Gasteiger partial charge < -0.3 is 14.7 Å². The average Bonchev–Trinajstić information content (AvgIpc) is 2.44. The van der Waals surface area contributed by atoms with Crippen LogP contribution in [0.25, 0.3) is 0 Å². The number of nitrogens with zero attached hydrogens (tertiary/aromatic N) is 1. The Hall–Kier alpha value is -2.04. The Morgan fingerprint density at radius 2 is 2.00 bits per heavy atom. The molecule has 2 aliphatic rings. The number of carbonyl (C=O) groups excluding carboxylic acids is 1. The summed E-state index contributed by atoms with van der Waals surface area (Å²) in [5, 5.41) is 9.09. The van der Waals surface area contributed by atoms with Gasteiger partial charge in [0.2, 0.25) is 5.91 Å². The van der Waals surface area contributed by atoms with Crippen LogP contribution in [0, 0.1) is 11.8 Å². The maximum atomic E-state index is 12.5. The first-order valence-electron chi connectivity index (χ1n) is 7.27. The van der Waals surface area contributed by atoms with E-state index < -0.39 is 11.9 Å². The minimum atomic E-state index is -0.848. The van der Waals surface area contributed by atoms with Crippen LogP contribution in [0.2, 0.25) is 0 Å². The van der Waals surface area contributed by atoms with Crippen molar-refractivity contribution in [2.45, 2.75) is 25.8 Å². The van der Waals surface area contributed by atoms with Gasteiger partial charge in [-0.2, -0.15) is 0 Å². The molecule has 1 aliphatic carbocycles. The maximum Gasteiger partial charge on any atom is 0.307 e. The van der Waals surface area contributed by atoms with E-state index in [0.29, 0.717) is 25.9 Å². The van der Waals surface area contributed by atoms with E-state index in [1.54, 1.807) is 12.0 Å². The molecular formula is C16H19NO4. The molecule has 3 rings (SSSR count). The highest BCUT2D eigenvalue weighted by Gasteiger charge is 2.43. The number of aliphatic carboxylic acids is 1. The molecule has 2 atom stereocenters. The topological polar surface area (TPSA) is 66.8 Å². The van der Waals surface area contributed by atoms with Gasteiger partial charge in [-0.05, 0) is 42.5 Å². The predicted octanol–water partition coefficient (Wildman–Crippen LogP) is 1.69. The van der Waals surface area contributed by atoms with Crippen LogP contribution in [0.5, 0.6) is 5.75 Å². The maximum absolute atomic E-state index is 12.5. The molecule has 0 radical (unpaired) electrons. The van der Waals surface area contributed by atoms with Gasteiger partial charge in [-0.15, -0.1) is 0 Å². The van der Waals surface area contributed by atoms with Crippen molar-refractivity contribution in [3.05, 3.63) is 29.3 Å². The largest absolute Gasteiger partial charge is 0.497 e. The lowest BCUT2D eigenvalue weighted by molar-refractivity contribution is -0.157. The fourth-order valence-electron chi connectivity index (χ4n) is 3.17. The Kier molecular flexibility index (Phi) is 3.57. The molecule has 21 heavy (non-hydrogen) atoms. The number of amides is 1. The lowest BCUT2D eigenvalue weighted by atomic mass is 9.72. The number of rotatable bonds is 3. The Bertz CT molecular complexity index is 584. The van der Waals surface area contributed by atoms with Gasteiger partial charge in [0.25, 0.3) is 0 Å². The van der Waals surface area contributed by atoms with E-state index in [0.717, 1.165) is 17.7 Å². The first-order valence-corrected chi connectivity index (χ1v) is 7.27. The van der Waals surface area contributed by atoms with E-state index >= 15 is 0 Å². The highest BCUT2D eigenvalue weighted by molar-refractivity contribution is 5.86. The normalized spacial score (nSPS) is 24.0. The van der Waals surface area contributed by atoms with Crippen LogP contribution in [0.4, 0.5) is 0 Å². The zero-order valence-corrected chi connectivity index (χ0v) is 12.0. The molecule has 5 heteroatoms. The van der Waals surface area contributed by atoms with Gasteiger partial charge in [-0.3, -0.25) is 9.59 Å². The van der Waals surface area contributed by atoms with E-state index in [-0.39, 0.29) is 11.8 Å². The number of carboxylic acid groups (broad SMARTS) is 1. The molecular weight excluding hydrogens is 270 g/mol. The molecule has 0 bridgehead atoms. The highest BCUT2D eigenvalue weighted by atomic mass is 16.5. The first-order chi connectivity index (χ1) is 10.1. The highest BCUT2D eigenvalue weighted by Crippen LogP contribution is 2.37. The Morgan fingerprint density at radius 3 is 2.62 bits per heavy atom. The first kappa shape index (κ1) is 13.9. The summed E-state index contributed by atoms with van der Waals surface area (Å²) in [7, 11) is 1.62. The molecule has 0 aromatic heterocycles. The number of benzene rings is 1. The zero-order chi connectivity index (χ0) is 15.0. The summed E-state index contributed by atoms with van der Waals surface area (Å²) in [6, 6.07) is 5.94. The van der Waals surface area contributed by atoms with Crippen molar-refractivity contribution in [2.24, 2.45) is 11.8 Å².